The van der Waals surface area contributed by atoms with E-state index in [2.05, 4.69) is 10.2 Å². The maximum Gasteiger partial charge on any atom is 0.319 e. The van der Waals surface area contributed by atoms with Crippen LogP contribution in [0.4, 0.5) is 0 Å². The summed E-state index contributed by atoms with van der Waals surface area (Å²) in [5, 5.41) is 8.20. The first-order valence-electron chi connectivity index (χ1n) is 6.91. The molecule has 1 heterocycles. The van der Waals surface area contributed by atoms with Gasteiger partial charge >= 0.3 is 5.97 Å². The summed E-state index contributed by atoms with van der Waals surface area (Å²) in [6.07, 6.45) is 4.22. The highest BCUT2D eigenvalue weighted by molar-refractivity contribution is 5.83. The van der Waals surface area contributed by atoms with Crippen LogP contribution in [0.2, 0.25) is 0 Å². The fourth-order valence-corrected chi connectivity index (χ4v) is 2.66. The normalized spacial score (nSPS) is 16.4. The molecule has 0 aliphatic heterocycles. The summed E-state index contributed by atoms with van der Waals surface area (Å²) in [5.74, 6) is 0.504. The lowest BCUT2D eigenvalue weighted by Gasteiger charge is -2.38. The third kappa shape index (κ3) is 1.90. The lowest BCUT2D eigenvalue weighted by Crippen LogP contribution is -2.45. The van der Waals surface area contributed by atoms with Crippen LogP contribution in [-0.2, 0) is 14.9 Å². The largest absolute Gasteiger partial charge is 0.465 e. The Morgan fingerprint density at radius 3 is 2.70 bits per heavy atom. The molecule has 0 radical (unpaired) electrons. The minimum atomic E-state index is -0.623. The first-order chi connectivity index (χ1) is 9.78. The molecule has 5 heteroatoms. The van der Waals surface area contributed by atoms with Crippen LogP contribution in [0.3, 0.4) is 0 Å². The van der Waals surface area contributed by atoms with E-state index in [1.165, 1.54) is 0 Å². The molecule has 0 unspecified atom stereocenters. The topological polar surface area (TPSA) is 57.0 Å². The van der Waals surface area contributed by atoms with Crippen molar-refractivity contribution in [3.8, 4) is 5.69 Å². The Kier molecular flexibility index (Phi) is 3.26. The van der Waals surface area contributed by atoms with E-state index in [-0.39, 0.29) is 5.97 Å². The second kappa shape index (κ2) is 5.07. The van der Waals surface area contributed by atoms with Crippen LogP contribution in [0, 0.1) is 0 Å². The van der Waals surface area contributed by atoms with Gasteiger partial charge in [-0.3, -0.25) is 9.36 Å². The Morgan fingerprint density at radius 2 is 2.10 bits per heavy atom. The highest BCUT2D eigenvalue weighted by Crippen LogP contribution is 2.44. The van der Waals surface area contributed by atoms with Crippen LogP contribution < -0.4 is 0 Å². The van der Waals surface area contributed by atoms with E-state index in [4.69, 9.17) is 4.74 Å². The maximum absolute atomic E-state index is 12.3. The predicted molar refractivity (Wildman–Crippen MR) is 73.5 cm³/mol. The van der Waals surface area contributed by atoms with Gasteiger partial charge in [0.15, 0.2) is 5.82 Å². The molecular formula is C15H17N3O2. The van der Waals surface area contributed by atoms with Crippen molar-refractivity contribution in [2.75, 3.05) is 6.61 Å². The van der Waals surface area contributed by atoms with Crippen molar-refractivity contribution >= 4 is 5.97 Å². The highest BCUT2D eigenvalue weighted by Gasteiger charge is 2.50. The van der Waals surface area contributed by atoms with Gasteiger partial charge in [0.05, 0.1) is 6.61 Å². The zero-order valence-corrected chi connectivity index (χ0v) is 11.5. The number of rotatable bonds is 4. The molecule has 1 saturated carbocycles. The zero-order chi connectivity index (χ0) is 14.0. The summed E-state index contributed by atoms with van der Waals surface area (Å²) in [6, 6.07) is 9.82. The molecule has 0 atom stereocenters. The van der Waals surface area contributed by atoms with E-state index < -0.39 is 5.41 Å². The van der Waals surface area contributed by atoms with Gasteiger partial charge in [-0.05, 0) is 31.9 Å². The monoisotopic (exact) mass is 271 g/mol. The number of benzene rings is 1. The van der Waals surface area contributed by atoms with E-state index in [9.17, 15) is 4.79 Å². The molecule has 0 saturated heterocycles. The molecule has 1 aromatic heterocycles. The Morgan fingerprint density at radius 1 is 1.35 bits per heavy atom. The molecule has 0 spiro atoms. The van der Waals surface area contributed by atoms with Crippen LogP contribution in [0.25, 0.3) is 5.69 Å². The lowest BCUT2D eigenvalue weighted by atomic mass is 9.68. The van der Waals surface area contributed by atoms with E-state index >= 15 is 0 Å². The Labute approximate surface area is 117 Å². The molecule has 5 nitrogen and oxygen atoms in total. The number of nitrogens with zero attached hydrogens (tertiary/aromatic N) is 3. The van der Waals surface area contributed by atoms with Gasteiger partial charge in [0, 0.05) is 5.69 Å². The number of hydrogen-bond donors (Lipinski definition) is 0. The first-order valence-corrected chi connectivity index (χ1v) is 6.91. The third-order valence-corrected chi connectivity index (χ3v) is 3.88. The SMILES string of the molecule is CCOC(=O)C1(c2nncn2-c2ccccc2)CCC1. The first kappa shape index (κ1) is 12.8. The minimum Gasteiger partial charge on any atom is -0.465 e. The van der Waals surface area contributed by atoms with Crippen molar-refractivity contribution in [1.29, 1.82) is 0 Å². The standard InChI is InChI=1S/C15H17N3O2/c1-2-20-14(19)15(9-6-10-15)13-17-16-11-18(13)12-7-4-3-5-8-12/h3-5,7-8,11H,2,6,9-10H2,1H3. The molecule has 2 aromatic rings. The van der Waals surface area contributed by atoms with Crippen LogP contribution in [-0.4, -0.2) is 27.3 Å². The van der Waals surface area contributed by atoms with Gasteiger partial charge in [-0.2, -0.15) is 0 Å². The minimum absolute atomic E-state index is 0.184. The molecule has 0 amide bonds. The third-order valence-electron chi connectivity index (χ3n) is 3.88. The van der Waals surface area contributed by atoms with Crippen LogP contribution in [0.5, 0.6) is 0 Å². The van der Waals surface area contributed by atoms with Crippen LogP contribution in [0.1, 0.15) is 32.0 Å². The predicted octanol–water partition coefficient (Wildman–Crippen LogP) is 2.25. The Hall–Kier alpha value is -2.17. The highest BCUT2D eigenvalue weighted by atomic mass is 16.5. The van der Waals surface area contributed by atoms with E-state index in [1.807, 2.05) is 41.8 Å². The quantitative estimate of drug-likeness (QED) is 0.800. The summed E-state index contributed by atoms with van der Waals surface area (Å²) in [7, 11) is 0. The Bertz CT molecular complexity index is 603. The van der Waals surface area contributed by atoms with Gasteiger partial charge in [-0.15, -0.1) is 10.2 Å². The summed E-state index contributed by atoms with van der Waals surface area (Å²) < 4.78 is 7.13. The average molecular weight is 271 g/mol. The van der Waals surface area contributed by atoms with E-state index in [0.29, 0.717) is 12.4 Å². The zero-order valence-electron chi connectivity index (χ0n) is 11.5. The smallest absolute Gasteiger partial charge is 0.319 e. The van der Waals surface area contributed by atoms with Gasteiger partial charge in [-0.25, -0.2) is 0 Å². The van der Waals surface area contributed by atoms with E-state index in [1.54, 1.807) is 6.33 Å². The molecule has 1 fully saturated rings. The summed E-state index contributed by atoms with van der Waals surface area (Å²) in [6.45, 7) is 2.21. The Balaban J connectivity index is 2.02. The number of aromatic nitrogens is 3. The van der Waals surface area contributed by atoms with Crippen LogP contribution >= 0.6 is 0 Å². The second-order valence-electron chi connectivity index (χ2n) is 5.02. The number of esters is 1. The summed E-state index contributed by atoms with van der Waals surface area (Å²) >= 11 is 0. The molecule has 0 bridgehead atoms. The van der Waals surface area contributed by atoms with Crippen molar-refractivity contribution in [1.82, 2.24) is 14.8 Å². The molecule has 1 aliphatic carbocycles. The van der Waals surface area contributed by atoms with Crippen molar-refractivity contribution < 1.29 is 9.53 Å². The van der Waals surface area contributed by atoms with Gasteiger partial charge < -0.3 is 4.74 Å². The molecular weight excluding hydrogens is 254 g/mol. The molecule has 1 aromatic carbocycles. The number of carbonyl (C=O) groups excluding carboxylic acids is 1. The molecule has 0 N–H and O–H groups in total. The summed E-state index contributed by atoms with van der Waals surface area (Å²) in [4.78, 5) is 12.3. The fourth-order valence-electron chi connectivity index (χ4n) is 2.66. The molecule has 104 valence electrons. The lowest BCUT2D eigenvalue weighted by molar-refractivity contribution is -0.154. The number of ether oxygens (including phenoxy) is 1. The summed E-state index contributed by atoms with van der Waals surface area (Å²) in [5.41, 5.74) is 0.339. The average Bonchev–Trinajstić information content (AvgIpc) is 2.88. The van der Waals surface area contributed by atoms with Gasteiger partial charge in [0.2, 0.25) is 0 Å². The van der Waals surface area contributed by atoms with Crippen LogP contribution in [0.15, 0.2) is 36.7 Å². The van der Waals surface area contributed by atoms with Crippen molar-refractivity contribution in [2.45, 2.75) is 31.6 Å². The number of hydrogen-bond acceptors (Lipinski definition) is 4. The number of para-hydroxylation sites is 1. The van der Waals surface area contributed by atoms with Gasteiger partial charge in [0.25, 0.3) is 0 Å². The molecule has 3 rings (SSSR count). The van der Waals surface area contributed by atoms with Crippen molar-refractivity contribution in [3.63, 3.8) is 0 Å². The second-order valence-corrected chi connectivity index (χ2v) is 5.02. The molecule has 20 heavy (non-hydrogen) atoms. The van der Waals surface area contributed by atoms with Crippen molar-refractivity contribution in [2.24, 2.45) is 0 Å². The van der Waals surface area contributed by atoms with Crippen molar-refractivity contribution in [3.05, 3.63) is 42.5 Å². The van der Waals surface area contributed by atoms with E-state index in [0.717, 1.165) is 24.9 Å². The number of carbonyl (C=O) groups is 1. The molecule has 1 aliphatic rings. The maximum atomic E-state index is 12.3. The van der Waals surface area contributed by atoms with Gasteiger partial charge in [0.1, 0.15) is 11.7 Å². The van der Waals surface area contributed by atoms with Gasteiger partial charge in [-0.1, -0.05) is 24.6 Å². The fraction of sp³-hybridized carbons (Fsp3) is 0.400.